The molecule has 1 saturated heterocycles. The zero-order chi connectivity index (χ0) is 24.4. The Morgan fingerprint density at radius 2 is 2.00 bits per heavy atom. The molecule has 2 aliphatic rings. The third kappa shape index (κ3) is 6.64. The molecule has 1 saturated carbocycles. The second-order valence-corrected chi connectivity index (χ2v) is 11.6. The van der Waals surface area contributed by atoms with Crippen LogP contribution in [0.3, 0.4) is 0 Å². The van der Waals surface area contributed by atoms with Gasteiger partial charge in [0.2, 0.25) is 0 Å². The number of aliphatic hydroxyl groups is 1. The largest absolute Gasteiger partial charge is 0.488 e. The van der Waals surface area contributed by atoms with Crippen molar-refractivity contribution in [1.82, 2.24) is 10.2 Å². The number of nitrogens with one attached hydrogen (secondary N) is 1. The van der Waals surface area contributed by atoms with Crippen LogP contribution in [0.25, 0.3) is 0 Å². The van der Waals surface area contributed by atoms with Gasteiger partial charge in [0, 0.05) is 12.0 Å². The van der Waals surface area contributed by atoms with E-state index in [2.05, 4.69) is 5.32 Å². The molecule has 184 valence electrons. The first-order valence-corrected chi connectivity index (χ1v) is 12.7. The van der Waals surface area contributed by atoms with Gasteiger partial charge < -0.3 is 14.6 Å². The lowest BCUT2D eigenvalue weighted by molar-refractivity contribution is -0.121. The summed E-state index contributed by atoms with van der Waals surface area (Å²) in [5.41, 5.74) is -0.992. The molecule has 1 aromatic rings. The smallest absolute Gasteiger partial charge is 0.326 e. The van der Waals surface area contributed by atoms with Crippen molar-refractivity contribution in [3.8, 4) is 5.75 Å². The quantitative estimate of drug-likeness (QED) is 0.341. The van der Waals surface area contributed by atoms with Crippen LogP contribution >= 0.6 is 0 Å². The second-order valence-electron chi connectivity index (χ2n) is 9.45. The molecule has 1 aromatic carbocycles. The van der Waals surface area contributed by atoms with Crippen molar-refractivity contribution in [2.24, 2.45) is 0 Å². The number of benzene rings is 1. The minimum atomic E-state index is -3.41. The monoisotopic (exact) mass is 486 g/mol. The van der Waals surface area contributed by atoms with E-state index in [-0.39, 0.29) is 43.6 Å². The molecule has 2 fully saturated rings. The molecule has 33 heavy (non-hydrogen) atoms. The number of hydrogen-bond acceptors (Lipinski definition) is 7. The third-order valence-electron chi connectivity index (χ3n) is 5.79. The summed E-state index contributed by atoms with van der Waals surface area (Å²) in [6, 6.07) is 3.22. The van der Waals surface area contributed by atoms with Gasteiger partial charge in [0.25, 0.3) is 5.91 Å². The van der Waals surface area contributed by atoms with E-state index >= 15 is 0 Å². The van der Waals surface area contributed by atoms with Crippen LogP contribution in [-0.2, 0) is 24.8 Å². The van der Waals surface area contributed by atoms with Gasteiger partial charge in [-0.05, 0) is 57.7 Å². The van der Waals surface area contributed by atoms with Crippen LogP contribution in [0.1, 0.15) is 45.6 Å². The van der Waals surface area contributed by atoms with Crippen molar-refractivity contribution in [3.05, 3.63) is 29.6 Å². The van der Waals surface area contributed by atoms with E-state index < -0.39 is 44.7 Å². The molecule has 1 aliphatic carbocycles. The third-order valence-corrected chi connectivity index (χ3v) is 7.69. The molecule has 1 atom stereocenters. The Balaban J connectivity index is 1.51. The van der Waals surface area contributed by atoms with Crippen LogP contribution in [0.5, 0.6) is 5.75 Å². The van der Waals surface area contributed by atoms with Crippen molar-refractivity contribution < 1.29 is 37.0 Å². The van der Waals surface area contributed by atoms with Crippen LogP contribution in [0.4, 0.5) is 9.18 Å². The van der Waals surface area contributed by atoms with Crippen molar-refractivity contribution in [2.45, 2.75) is 57.1 Å². The molecule has 0 unspecified atom stereocenters. The van der Waals surface area contributed by atoms with E-state index in [9.17, 15) is 27.5 Å². The van der Waals surface area contributed by atoms with Gasteiger partial charge in [-0.1, -0.05) is 6.07 Å². The molecule has 1 aliphatic heterocycles. The second kappa shape index (κ2) is 9.55. The molecule has 3 rings (SSSR count). The molecule has 2 N–H and O–H groups in total. The summed E-state index contributed by atoms with van der Waals surface area (Å²) in [6.45, 7) is 4.62. The number of hydrogen-bond donors (Lipinski definition) is 2. The minimum absolute atomic E-state index is 0.00893. The van der Waals surface area contributed by atoms with Crippen LogP contribution in [-0.4, -0.2) is 73.5 Å². The average Bonchev–Trinajstić information content (AvgIpc) is 3.43. The van der Waals surface area contributed by atoms with Gasteiger partial charge in [-0.15, -0.1) is 0 Å². The number of amides is 3. The highest BCUT2D eigenvalue weighted by Gasteiger charge is 2.47. The maximum absolute atomic E-state index is 14.1. The number of imide groups is 1. The number of halogens is 1. The molecule has 0 spiro atoms. The predicted octanol–water partition coefficient (Wildman–Crippen LogP) is 1.73. The molecule has 3 amide bonds. The fraction of sp³-hybridized carbons (Fsp3) is 0.636. The standard InChI is InChI=1S/C22H31FN2O7S/c1-15-19(26)24-20(27)25(15)14-31-9-4-10-33(29,30)13-22(7-8-22)16-5-6-17(23)18(11-16)32-12-21(2,3)28/h5-6,11,15,28H,4,7-10,12-14H2,1-3H3,(H,24,26,27)/t15-/m0/s1. The summed E-state index contributed by atoms with van der Waals surface area (Å²) in [5.74, 6) is -1.11. The van der Waals surface area contributed by atoms with E-state index in [4.69, 9.17) is 9.47 Å². The fourth-order valence-corrected chi connectivity index (χ4v) is 5.67. The van der Waals surface area contributed by atoms with Crippen LogP contribution in [0, 0.1) is 5.82 Å². The number of carbonyl (C=O) groups is 2. The van der Waals surface area contributed by atoms with Gasteiger partial charge in [-0.2, -0.15) is 0 Å². The summed E-state index contributed by atoms with van der Waals surface area (Å²) >= 11 is 0. The highest BCUT2D eigenvalue weighted by atomic mass is 32.2. The highest BCUT2D eigenvalue weighted by Crippen LogP contribution is 2.50. The van der Waals surface area contributed by atoms with Gasteiger partial charge in [0.05, 0.1) is 17.1 Å². The van der Waals surface area contributed by atoms with E-state index in [1.54, 1.807) is 26.8 Å². The fourth-order valence-electron chi connectivity index (χ4n) is 3.67. The lowest BCUT2D eigenvalue weighted by Gasteiger charge is -2.21. The topological polar surface area (TPSA) is 122 Å². The number of rotatable bonds is 12. The van der Waals surface area contributed by atoms with Crippen molar-refractivity contribution >= 4 is 21.8 Å². The van der Waals surface area contributed by atoms with Gasteiger partial charge in [-0.25, -0.2) is 17.6 Å². The van der Waals surface area contributed by atoms with E-state index in [1.165, 1.54) is 17.0 Å². The molecule has 1 heterocycles. The average molecular weight is 487 g/mol. The van der Waals surface area contributed by atoms with Crippen molar-refractivity contribution in [1.29, 1.82) is 0 Å². The summed E-state index contributed by atoms with van der Waals surface area (Å²) in [7, 11) is -3.41. The maximum atomic E-state index is 14.1. The SMILES string of the molecule is C[C@H]1C(=O)NC(=O)N1COCCCS(=O)(=O)CC1(c2ccc(F)c(OCC(C)(C)O)c2)CC1. The highest BCUT2D eigenvalue weighted by molar-refractivity contribution is 7.91. The van der Waals surface area contributed by atoms with Crippen molar-refractivity contribution in [3.63, 3.8) is 0 Å². The van der Waals surface area contributed by atoms with Crippen LogP contribution in [0.15, 0.2) is 18.2 Å². The molecule has 9 nitrogen and oxygen atoms in total. The number of ether oxygens (including phenoxy) is 2. The zero-order valence-electron chi connectivity index (χ0n) is 19.1. The maximum Gasteiger partial charge on any atom is 0.326 e. The lowest BCUT2D eigenvalue weighted by Crippen LogP contribution is -2.35. The van der Waals surface area contributed by atoms with Gasteiger partial charge in [0.1, 0.15) is 19.4 Å². The molecular formula is C22H31FN2O7S. The first-order chi connectivity index (χ1) is 15.3. The van der Waals surface area contributed by atoms with Crippen LogP contribution < -0.4 is 10.1 Å². The Labute approximate surface area is 193 Å². The van der Waals surface area contributed by atoms with Crippen molar-refractivity contribution in [2.75, 3.05) is 31.5 Å². The van der Waals surface area contributed by atoms with E-state index in [1.807, 2.05) is 0 Å². The Morgan fingerprint density at radius 3 is 2.58 bits per heavy atom. The van der Waals surface area contributed by atoms with E-state index in [0.29, 0.717) is 18.4 Å². The minimum Gasteiger partial charge on any atom is -0.488 e. The normalized spacial score (nSPS) is 20.2. The number of carbonyl (C=O) groups excluding carboxylic acids is 2. The molecule has 0 bridgehead atoms. The Kier molecular flexibility index (Phi) is 7.35. The number of urea groups is 1. The number of nitrogens with zero attached hydrogens (tertiary/aromatic N) is 1. The van der Waals surface area contributed by atoms with Gasteiger partial charge in [0.15, 0.2) is 21.4 Å². The molecular weight excluding hydrogens is 455 g/mol. The molecule has 0 aromatic heterocycles. The molecule has 11 heteroatoms. The first kappa shape index (κ1) is 25.4. The van der Waals surface area contributed by atoms with Gasteiger partial charge >= 0.3 is 6.03 Å². The summed E-state index contributed by atoms with van der Waals surface area (Å²) < 4.78 is 50.4. The molecule has 0 radical (unpaired) electrons. The predicted molar refractivity (Wildman–Crippen MR) is 118 cm³/mol. The first-order valence-electron chi connectivity index (χ1n) is 10.9. The van der Waals surface area contributed by atoms with Gasteiger partial charge in [-0.3, -0.25) is 15.0 Å². The Morgan fingerprint density at radius 1 is 1.30 bits per heavy atom. The summed E-state index contributed by atoms with van der Waals surface area (Å²) in [6.07, 6.45) is 1.60. The van der Waals surface area contributed by atoms with Crippen LogP contribution in [0.2, 0.25) is 0 Å². The summed E-state index contributed by atoms with van der Waals surface area (Å²) in [5, 5.41) is 12.0. The Hall–Kier alpha value is -2.24. The zero-order valence-corrected chi connectivity index (χ0v) is 19.9. The lowest BCUT2D eigenvalue weighted by atomic mass is 9.98. The Bertz CT molecular complexity index is 1000. The van der Waals surface area contributed by atoms with E-state index in [0.717, 1.165) is 0 Å². The summed E-state index contributed by atoms with van der Waals surface area (Å²) in [4.78, 5) is 24.3. The number of sulfone groups is 1.